The van der Waals surface area contributed by atoms with Crippen LogP contribution in [0, 0.1) is 0 Å². The normalized spacial score (nSPS) is 11.3. The maximum Gasteiger partial charge on any atom is 0.213 e. The van der Waals surface area contributed by atoms with Crippen LogP contribution < -0.4 is 15.4 Å². The third kappa shape index (κ3) is 5.57. The van der Waals surface area contributed by atoms with Crippen LogP contribution in [0.1, 0.15) is 23.6 Å². The van der Waals surface area contributed by atoms with Crippen molar-refractivity contribution in [1.82, 2.24) is 25.4 Å². The first-order valence-corrected chi connectivity index (χ1v) is 9.35. The number of aliphatic imine (C=N–C) groups is 1. The van der Waals surface area contributed by atoms with Gasteiger partial charge in [-0.2, -0.15) is 5.10 Å². The van der Waals surface area contributed by atoms with Gasteiger partial charge in [-0.3, -0.25) is 9.67 Å². The highest BCUT2D eigenvalue weighted by molar-refractivity contribution is 5.79. The van der Waals surface area contributed by atoms with Crippen LogP contribution in [0.5, 0.6) is 5.88 Å². The minimum atomic E-state index is 0.602. The summed E-state index contributed by atoms with van der Waals surface area (Å²) in [6.07, 6.45) is 5.52. The number of hydrogen-bond donors (Lipinski definition) is 2. The molecular formula is C21H26N6O. The van der Waals surface area contributed by atoms with Crippen molar-refractivity contribution in [3.63, 3.8) is 0 Å². The van der Waals surface area contributed by atoms with Crippen LogP contribution in [0.4, 0.5) is 0 Å². The molecule has 0 aliphatic rings. The SMILES string of the molecule is CCOc1cc(CNC(=NC)NCc2ccccc2Cn2cccn2)ccn1. The predicted molar refractivity (Wildman–Crippen MR) is 110 cm³/mol. The Balaban J connectivity index is 1.57. The van der Waals surface area contributed by atoms with Gasteiger partial charge in [-0.15, -0.1) is 0 Å². The second-order valence-corrected chi connectivity index (χ2v) is 6.19. The van der Waals surface area contributed by atoms with E-state index >= 15 is 0 Å². The van der Waals surface area contributed by atoms with Gasteiger partial charge in [-0.05, 0) is 35.7 Å². The molecular weight excluding hydrogens is 352 g/mol. The van der Waals surface area contributed by atoms with Crippen molar-refractivity contribution in [2.75, 3.05) is 13.7 Å². The number of pyridine rings is 1. The highest BCUT2D eigenvalue weighted by atomic mass is 16.5. The Bertz CT molecular complexity index is 891. The first kappa shape index (κ1) is 19.4. The Morgan fingerprint density at radius 3 is 2.64 bits per heavy atom. The summed E-state index contributed by atoms with van der Waals surface area (Å²) in [5, 5.41) is 11.0. The molecule has 3 rings (SSSR count). The van der Waals surface area contributed by atoms with E-state index in [0.717, 1.165) is 18.1 Å². The topological polar surface area (TPSA) is 76.4 Å². The zero-order valence-corrected chi connectivity index (χ0v) is 16.3. The van der Waals surface area contributed by atoms with E-state index in [2.05, 4.69) is 43.9 Å². The summed E-state index contributed by atoms with van der Waals surface area (Å²) in [6, 6.07) is 14.2. The molecule has 2 N–H and O–H groups in total. The van der Waals surface area contributed by atoms with Gasteiger partial charge in [-0.25, -0.2) is 4.98 Å². The molecule has 3 aromatic rings. The standard InChI is InChI=1S/C21H26N6O/c1-3-28-20-13-17(9-11-23-20)14-24-21(22-2)25-15-18-7-4-5-8-19(18)16-27-12-6-10-26-27/h4-13H,3,14-16H2,1-2H3,(H2,22,24,25). The summed E-state index contributed by atoms with van der Waals surface area (Å²) in [4.78, 5) is 8.50. The summed E-state index contributed by atoms with van der Waals surface area (Å²) in [5.41, 5.74) is 3.52. The first-order chi connectivity index (χ1) is 13.8. The minimum absolute atomic E-state index is 0.602. The van der Waals surface area contributed by atoms with E-state index in [0.29, 0.717) is 25.6 Å². The highest BCUT2D eigenvalue weighted by Crippen LogP contribution is 2.11. The summed E-state index contributed by atoms with van der Waals surface area (Å²) in [6.45, 7) is 4.61. The molecule has 0 bridgehead atoms. The van der Waals surface area contributed by atoms with E-state index in [1.54, 1.807) is 19.4 Å². The molecule has 7 nitrogen and oxygen atoms in total. The molecule has 1 aromatic carbocycles. The molecule has 0 spiro atoms. The van der Waals surface area contributed by atoms with Gasteiger partial charge < -0.3 is 15.4 Å². The lowest BCUT2D eigenvalue weighted by Crippen LogP contribution is -2.36. The molecule has 28 heavy (non-hydrogen) atoms. The number of ether oxygens (including phenoxy) is 1. The van der Waals surface area contributed by atoms with Crippen LogP contribution in [-0.2, 0) is 19.6 Å². The maximum atomic E-state index is 5.45. The van der Waals surface area contributed by atoms with Crippen LogP contribution in [0.15, 0.2) is 66.0 Å². The van der Waals surface area contributed by atoms with Crippen molar-refractivity contribution in [3.8, 4) is 5.88 Å². The zero-order valence-electron chi connectivity index (χ0n) is 16.3. The summed E-state index contributed by atoms with van der Waals surface area (Å²) < 4.78 is 7.37. The van der Waals surface area contributed by atoms with E-state index in [-0.39, 0.29) is 0 Å². The predicted octanol–water partition coefficient (Wildman–Crippen LogP) is 2.59. The van der Waals surface area contributed by atoms with Crippen LogP contribution in [0.25, 0.3) is 0 Å². The third-order valence-corrected chi connectivity index (χ3v) is 4.23. The Labute approximate surface area is 165 Å². The van der Waals surface area contributed by atoms with Crippen molar-refractivity contribution in [1.29, 1.82) is 0 Å². The summed E-state index contributed by atoms with van der Waals surface area (Å²) >= 11 is 0. The van der Waals surface area contributed by atoms with Crippen molar-refractivity contribution < 1.29 is 4.74 Å². The number of nitrogens with zero attached hydrogens (tertiary/aromatic N) is 4. The molecule has 0 saturated heterocycles. The van der Waals surface area contributed by atoms with E-state index in [1.807, 2.05) is 42.1 Å². The van der Waals surface area contributed by atoms with Gasteiger partial charge in [0.25, 0.3) is 0 Å². The van der Waals surface area contributed by atoms with Crippen LogP contribution >= 0.6 is 0 Å². The number of hydrogen-bond acceptors (Lipinski definition) is 4. The molecule has 0 radical (unpaired) electrons. The third-order valence-electron chi connectivity index (χ3n) is 4.23. The molecule has 0 saturated carbocycles. The van der Waals surface area contributed by atoms with E-state index < -0.39 is 0 Å². The van der Waals surface area contributed by atoms with Crippen LogP contribution in [-0.4, -0.2) is 34.4 Å². The second-order valence-electron chi connectivity index (χ2n) is 6.19. The summed E-state index contributed by atoms with van der Waals surface area (Å²) in [5.74, 6) is 1.38. The molecule has 0 unspecified atom stereocenters. The molecule has 146 valence electrons. The van der Waals surface area contributed by atoms with Gasteiger partial charge >= 0.3 is 0 Å². The van der Waals surface area contributed by atoms with Crippen LogP contribution in [0.2, 0.25) is 0 Å². The quantitative estimate of drug-likeness (QED) is 0.465. The molecule has 0 amide bonds. The minimum Gasteiger partial charge on any atom is -0.478 e. The number of benzene rings is 1. The number of aromatic nitrogens is 3. The Kier molecular flexibility index (Phi) is 7.01. The molecule has 7 heteroatoms. The van der Waals surface area contributed by atoms with E-state index in [1.165, 1.54) is 11.1 Å². The van der Waals surface area contributed by atoms with Gasteiger partial charge in [0.2, 0.25) is 5.88 Å². The fraction of sp³-hybridized carbons (Fsp3) is 0.286. The Hall–Kier alpha value is -3.35. The highest BCUT2D eigenvalue weighted by Gasteiger charge is 2.05. The van der Waals surface area contributed by atoms with E-state index in [4.69, 9.17) is 4.74 Å². The number of nitrogens with one attached hydrogen (secondary N) is 2. The number of guanidine groups is 1. The van der Waals surface area contributed by atoms with Gasteiger partial charge in [0.05, 0.1) is 13.2 Å². The molecule has 0 fully saturated rings. The summed E-state index contributed by atoms with van der Waals surface area (Å²) in [7, 11) is 1.77. The zero-order chi connectivity index (χ0) is 19.6. The van der Waals surface area contributed by atoms with Gasteiger partial charge in [0.1, 0.15) is 0 Å². The average Bonchev–Trinajstić information content (AvgIpc) is 3.23. The van der Waals surface area contributed by atoms with Crippen LogP contribution in [0.3, 0.4) is 0 Å². The fourth-order valence-corrected chi connectivity index (χ4v) is 2.83. The number of rotatable bonds is 8. The average molecular weight is 378 g/mol. The van der Waals surface area contributed by atoms with Crippen molar-refractivity contribution in [2.24, 2.45) is 4.99 Å². The van der Waals surface area contributed by atoms with Crippen molar-refractivity contribution >= 4 is 5.96 Å². The first-order valence-electron chi connectivity index (χ1n) is 9.35. The van der Waals surface area contributed by atoms with Gasteiger partial charge in [0.15, 0.2) is 5.96 Å². The van der Waals surface area contributed by atoms with E-state index in [9.17, 15) is 0 Å². The molecule has 0 atom stereocenters. The Morgan fingerprint density at radius 1 is 1.07 bits per heavy atom. The second kappa shape index (κ2) is 10.1. The monoisotopic (exact) mass is 378 g/mol. The molecule has 2 heterocycles. The van der Waals surface area contributed by atoms with Gasteiger partial charge in [0, 0.05) is 44.8 Å². The molecule has 0 aliphatic carbocycles. The molecule has 2 aromatic heterocycles. The Morgan fingerprint density at radius 2 is 1.89 bits per heavy atom. The lowest BCUT2D eigenvalue weighted by molar-refractivity contribution is 0.326. The smallest absolute Gasteiger partial charge is 0.213 e. The lowest BCUT2D eigenvalue weighted by Gasteiger charge is -2.15. The van der Waals surface area contributed by atoms with Crippen molar-refractivity contribution in [3.05, 3.63) is 77.7 Å². The molecule has 0 aliphatic heterocycles. The van der Waals surface area contributed by atoms with Gasteiger partial charge in [-0.1, -0.05) is 24.3 Å². The lowest BCUT2D eigenvalue weighted by atomic mass is 10.1. The van der Waals surface area contributed by atoms with Crippen molar-refractivity contribution in [2.45, 2.75) is 26.6 Å². The maximum absolute atomic E-state index is 5.45. The largest absolute Gasteiger partial charge is 0.478 e. The fourth-order valence-electron chi connectivity index (χ4n) is 2.83.